The minimum Gasteiger partial charge on any atom is -0.359 e. The molecule has 0 saturated carbocycles. The van der Waals surface area contributed by atoms with Gasteiger partial charge in [0.25, 0.3) is 5.92 Å². The first kappa shape index (κ1) is 25.3. The fourth-order valence-corrected chi connectivity index (χ4v) is 4.19. The molecule has 1 unspecified atom stereocenters. The third kappa shape index (κ3) is 6.05. The molecule has 2 fully saturated rings. The Hall–Kier alpha value is -3.82. The molecule has 2 aromatic heterocycles. The van der Waals surface area contributed by atoms with Crippen molar-refractivity contribution in [3.63, 3.8) is 0 Å². The molecule has 2 aliphatic rings. The van der Waals surface area contributed by atoms with Crippen LogP contribution in [0.5, 0.6) is 0 Å². The van der Waals surface area contributed by atoms with E-state index in [4.69, 9.17) is 4.98 Å². The summed E-state index contributed by atoms with van der Waals surface area (Å²) >= 11 is 0. The van der Waals surface area contributed by atoms with E-state index in [0.29, 0.717) is 12.3 Å². The summed E-state index contributed by atoms with van der Waals surface area (Å²) in [4.78, 5) is 22.4. The summed E-state index contributed by atoms with van der Waals surface area (Å²) in [5, 5.41) is 10.4. The van der Waals surface area contributed by atoms with Crippen LogP contribution in [0.25, 0.3) is 11.4 Å². The third-order valence-electron chi connectivity index (χ3n) is 6.42. The SMILES string of the molecule is C/C=C(/C)Nc1cc(-c2nccc(N3CCC(c4cn[nH]c4)C3)n2)ccc1C.O=CN1CC(F)(F)C1. The molecule has 0 bridgehead atoms. The monoisotopic (exact) mass is 495 g/mol. The molecule has 2 aliphatic heterocycles. The number of rotatable bonds is 6. The van der Waals surface area contributed by atoms with Crippen molar-refractivity contribution in [2.24, 2.45) is 0 Å². The largest absolute Gasteiger partial charge is 0.359 e. The molecule has 8 nitrogen and oxygen atoms in total. The standard InChI is InChI=1S/C22H26N6.C4H5F2NO/c1-4-16(3)26-20-11-17(6-5-15(20)2)22-23-9-7-21(27-22)28-10-8-18(14-28)19-12-24-25-13-19;5-4(6)1-7(2-4)3-8/h4-7,9,11-13,18,26H,8,10,14H2,1-3H3,(H,24,25);3H,1-2H2/b16-4-;. The highest BCUT2D eigenvalue weighted by molar-refractivity contribution is 5.67. The van der Waals surface area contributed by atoms with Gasteiger partial charge in [-0.3, -0.25) is 9.89 Å². The molecule has 190 valence electrons. The number of carbonyl (C=O) groups excluding carboxylic acids is 1. The van der Waals surface area contributed by atoms with Gasteiger partial charge in [0.2, 0.25) is 6.41 Å². The number of aromatic amines is 1. The number of halogens is 2. The highest BCUT2D eigenvalue weighted by Gasteiger charge is 2.43. The third-order valence-corrected chi connectivity index (χ3v) is 6.42. The van der Waals surface area contributed by atoms with Crippen LogP contribution >= 0.6 is 0 Å². The number of H-pyrrole nitrogens is 1. The number of carbonyl (C=O) groups is 1. The van der Waals surface area contributed by atoms with Gasteiger partial charge >= 0.3 is 0 Å². The molecule has 1 aromatic carbocycles. The second-order valence-corrected chi connectivity index (χ2v) is 9.19. The van der Waals surface area contributed by atoms with Crippen LogP contribution in [-0.4, -0.2) is 63.6 Å². The number of alkyl halides is 2. The molecule has 10 heteroatoms. The Bertz CT molecular complexity index is 1200. The molecular weight excluding hydrogens is 464 g/mol. The molecule has 36 heavy (non-hydrogen) atoms. The van der Waals surface area contributed by atoms with Crippen LogP contribution < -0.4 is 10.2 Å². The van der Waals surface area contributed by atoms with E-state index in [1.54, 1.807) is 0 Å². The van der Waals surface area contributed by atoms with Crippen molar-refractivity contribution in [3.8, 4) is 11.4 Å². The lowest BCUT2D eigenvalue weighted by Crippen LogP contribution is -2.55. The predicted octanol–water partition coefficient (Wildman–Crippen LogP) is 4.60. The molecule has 5 rings (SSSR count). The van der Waals surface area contributed by atoms with Crippen LogP contribution in [0.3, 0.4) is 0 Å². The first-order valence-electron chi connectivity index (χ1n) is 11.9. The average Bonchev–Trinajstić information content (AvgIpc) is 3.56. The van der Waals surface area contributed by atoms with E-state index < -0.39 is 19.0 Å². The van der Waals surface area contributed by atoms with Gasteiger partial charge < -0.3 is 15.1 Å². The Labute approximate surface area is 209 Å². The van der Waals surface area contributed by atoms with Crippen molar-refractivity contribution in [3.05, 3.63) is 65.8 Å². The summed E-state index contributed by atoms with van der Waals surface area (Å²) in [6.45, 7) is 7.33. The Balaban J connectivity index is 0.000000325. The second kappa shape index (κ2) is 10.8. The number of aromatic nitrogens is 4. The summed E-state index contributed by atoms with van der Waals surface area (Å²) in [6.07, 6.45) is 9.37. The molecule has 1 atom stereocenters. The summed E-state index contributed by atoms with van der Waals surface area (Å²) < 4.78 is 23.5. The lowest BCUT2D eigenvalue weighted by molar-refractivity contribution is -0.153. The Morgan fingerprint density at radius 1 is 1.28 bits per heavy atom. The van der Waals surface area contributed by atoms with Crippen LogP contribution in [0.2, 0.25) is 0 Å². The molecule has 0 radical (unpaired) electrons. The predicted molar refractivity (Wildman–Crippen MR) is 136 cm³/mol. The first-order valence-corrected chi connectivity index (χ1v) is 11.9. The van der Waals surface area contributed by atoms with Gasteiger partial charge in [-0.2, -0.15) is 5.10 Å². The van der Waals surface area contributed by atoms with E-state index in [1.165, 1.54) is 11.1 Å². The quantitative estimate of drug-likeness (QED) is 0.486. The van der Waals surface area contributed by atoms with E-state index in [9.17, 15) is 13.6 Å². The van der Waals surface area contributed by atoms with Crippen molar-refractivity contribution in [1.29, 1.82) is 0 Å². The molecular formula is C26H31F2N7O. The lowest BCUT2D eigenvalue weighted by Gasteiger charge is -2.35. The summed E-state index contributed by atoms with van der Waals surface area (Å²) in [5.74, 6) is -0.377. The van der Waals surface area contributed by atoms with Gasteiger partial charge in [-0.25, -0.2) is 18.7 Å². The zero-order chi connectivity index (χ0) is 25.7. The maximum atomic E-state index is 11.8. The van der Waals surface area contributed by atoms with Crippen molar-refractivity contribution in [2.75, 3.05) is 36.4 Å². The number of anilines is 2. The van der Waals surface area contributed by atoms with E-state index in [1.807, 2.05) is 31.6 Å². The molecule has 2 N–H and O–H groups in total. The topological polar surface area (TPSA) is 90.0 Å². The zero-order valence-electron chi connectivity index (χ0n) is 20.7. The summed E-state index contributed by atoms with van der Waals surface area (Å²) in [5.41, 5.74) is 5.69. The van der Waals surface area contributed by atoms with Crippen molar-refractivity contribution in [1.82, 2.24) is 25.1 Å². The normalized spacial score (nSPS) is 18.8. The maximum absolute atomic E-state index is 11.8. The molecule has 0 aliphatic carbocycles. The number of nitrogens with one attached hydrogen (secondary N) is 2. The van der Waals surface area contributed by atoms with Gasteiger partial charge in [0.15, 0.2) is 5.82 Å². The van der Waals surface area contributed by atoms with E-state index in [-0.39, 0.29) is 0 Å². The highest BCUT2D eigenvalue weighted by atomic mass is 19.3. The molecule has 0 spiro atoms. The smallest absolute Gasteiger partial charge is 0.282 e. The molecule has 4 heterocycles. The number of allylic oxidation sites excluding steroid dienone is 2. The van der Waals surface area contributed by atoms with Crippen LogP contribution in [0, 0.1) is 6.92 Å². The van der Waals surface area contributed by atoms with Gasteiger partial charge in [-0.15, -0.1) is 0 Å². The fraction of sp³-hybridized carbons (Fsp3) is 0.385. The number of amides is 1. The van der Waals surface area contributed by atoms with Gasteiger partial charge in [-0.1, -0.05) is 18.2 Å². The molecule has 2 saturated heterocycles. The number of nitrogens with zero attached hydrogens (tertiary/aromatic N) is 5. The highest BCUT2D eigenvalue weighted by Crippen LogP contribution is 2.31. The Kier molecular flexibility index (Phi) is 7.61. The number of hydrogen-bond acceptors (Lipinski definition) is 6. The van der Waals surface area contributed by atoms with Crippen molar-refractivity contribution in [2.45, 2.75) is 39.0 Å². The van der Waals surface area contributed by atoms with Crippen LogP contribution in [0.15, 0.2) is 54.6 Å². The minimum absolute atomic E-state index is 0.406. The van der Waals surface area contributed by atoms with E-state index in [2.05, 4.69) is 63.5 Å². The van der Waals surface area contributed by atoms with Gasteiger partial charge in [-0.05, 0) is 50.5 Å². The van der Waals surface area contributed by atoms with Crippen molar-refractivity contribution < 1.29 is 13.6 Å². The fourth-order valence-electron chi connectivity index (χ4n) is 4.19. The van der Waals surface area contributed by atoms with Crippen molar-refractivity contribution >= 4 is 17.9 Å². The van der Waals surface area contributed by atoms with Gasteiger partial charge in [0.1, 0.15) is 5.82 Å². The van der Waals surface area contributed by atoms with Gasteiger partial charge in [0, 0.05) is 48.3 Å². The van der Waals surface area contributed by atoms with E-state index >= 15 is 0 Å². The number of benzene rings is 1. The minimum atomic E-state index is -2.61. The maximum Gasteiger partial charge on any atom is 0.282 e. The van der Waals surface area contributed by atoms with Crippen LogP contribution in [0.4, 0.5) is 20.3 Å². The first-order chi connectivity index (χ1) is 17.3. The molecule has 1 amide bonds. The number of likely N-dealkylation sites (tertiary alicyclic amines) is 1. The summed E-state index contributed by atoms with van der Waals surface area (Å²) in [6, 6.07) is 8.32. The lowest BCUT2D eigenvalue weighted by atomic mass is 10.0. The Morgan fingerprint density at radius 3 is 2.72 bits per heavy atom. The zero-order valence-corrected chi connectivity index (χ0v) is 20.7. The number of aryl methyl sites for hydroxylation is 1. The van der Waals surface area contributed by atoms with Gasteiger partial charge in [0.05, 0.1) is 19.3 Å². The van der Waals surface area contributed by atoms with Crippen LogP contribution in [-0.2, 0) is 4.79 Å². The second-order valence-electron chi connectivity index (χ2n) is 9.19. The summed E-state index contributed by atoms with van der Waals surface area (Å²) in [7, 11) is 0. The van der Waals surface area contributed by atoms with Crippen LogP contribution in [0.1, 0.15) is 37.3 Å². The Morgan fingerprint density at radius 2 is 2.08 bits per heavy atom. The number of hydrogen-bond donors (Lipinski definition) is 2. The van der Waals surface area contributed by atoms with E-state index in [0.717, 1.165) is 53.0 Å². The average molecular weight is 496 g/mol. The molecule has 3 aromatic rings.